The molecule has 1 heterocycles. The van der Waals surface area contributed by atoms with Crippen molar-refractivity contribution in [1.29, 1.82) is 0 Å². The molecule has 0 aromatic heterocycles. The Morgan fingerprint density at radius 2 is 2.20 bits per heavy atom. The van der Waals surface area contributed by atoms with Crippen LogP contribution in [0.5, 0.6) is 5.75 Å². The first-order valence-electron chi connectivity index (χ1n) is 7.31. The molecular weight excluding hydrogens is 252 g/mol. The van der Waals surface area contributed by atoms with Crippen LogP contribution in [0.1, 0.15) is 37.3 Å². The van der Waals surface area contributed by atoms with E-state index in [9.17, 15) is 9.90 Å². The predicted octanol–water partition coefficient (Wildman–Crippen LogP) is 2.73. The summed E-state index contributed by atoms with van der Waals surface area (Å²) in [4.78, 5) is 12.6. The Bertz CT molecular complexity index is 505. The summed E-state index contributed by atoms with van der Waals surface area (Å²) in [5, 5.41) is 16.3. The van der Waals surface area contributed by atoms with Crippen LogP contribution in [0.15, 0.2) is 12.1 Å². The summed E-state index contributed by atoms with van der Waals surface area (Å²) in [5.41, 5.74) is 2.01. The van der Waals surface area contributed by atoms with Gasteiger partial charge in [-0.15, -0.1) is 0 Å². The Kier molecular flexibility index (Phi) is 4.33. The zero-order valence-electron chi connectivity index (χ0n) is 12.5. The molecule has 3 N–H and O–H groups in total. The Hall–Kier alpha value is -1.55. The van der Waals surface area contributed by atoms with Crippen molar-refractivity contribution in [3.05, 3.63) is 23.3 Å². The number of rotatable bonds is 4. The minimum absolute atomic E-state index is 0.0182. The highest BCUT2D eigenvalue weighted by molar-refractivity contribution is 5.97. The molecule has 2 rings (SSSR count). The third-order valence-electron chi connectivity index (χ3n) is 4.15. The summed E-state index contributed by atoms with van der Waals surface area (Å²) in [5.74, 6) is 0.186. The molecule has 1 aliphatic rings. The third-order valence-corrected chi connectivity index (χ3v) is 4.15. The third kappa shape index (κ3) is 2.80. The quantitative estimate of drug-likeness (QED) is 0.741. The molecule has 1 unspecified atom stereocenters. The number of amides is 1. The first-order valence-corrected chi connectivity index (χ1v) is 7.31. The maximum Gasteiger partial charge on any atom is 0.232 e. The van der Waals surface area contributed by atoms with Gasteiger partial charge in [0.05, 0.1) is 11.1 Å². The molecular formula is C16H24N2O2. The predicted molar refractivity (Wildman–Crippen MR) is 81.0 cm³/mol. The van der Waals surface area contributed by atoms with Crippen LogP contribution in [0.25, 0.3) is 0 Å². The molecule has 4 heteroatoms. The van der Waals surface area contributed by atoms with Crippen molar-refractivity contribution >= 4 is 11.6 Å². The zero-order valence-corrected chi connectivity index (χ0v) is 12.5. The zero-order chi connectivity index (χ0) is 14.8. The van der Waals surface area contributed by atoms with Gasteiger partial charge < -0.3 is 15.7 Å². The smallest absolute Gasteiger partial charge is 0.232 e. The maximum atomic E-state index is 12.6. The van der Waals surface area contributed by atoms with Gasteiger partial charge in [0, 0.05) is 6.54 Å². The van der Waals surface area contributed by atoms with Crippen molar-refractivity contribution in [2.45, 2.75) is 40.0 Å². The molecule has 0 radical (unpaired) electrons. The normalized spacial score (nSPS) is 21.9. The molecule has 110 valence electrons. The Morgan fingerprint density at radius 3 is 2.80 bits per heavy atom. The van der Waals surface area contributed by atoms with Gasteiger partial charge in [0.2, 0.25) is 5.91 Å². The molecule has 0 bridgehead atoms. The summed E-state index contributed by atoms with van der Waals surface area (Å²) in [7, 11) is 0. The van der Waals surface area contributed by atoms with Gasteiger partial charge in [-0.2, -0.15) is 0 Å². The first-order chi connectivity index (χ1) is 9.48. The number of aromatic hydroxyl groups is 1. The Balaban J connectivity index is 2.23. The van der Waals surface area contributed by atoms with E-state index in [0.29, 0.717) is 5.69 Å². The summed E-state index contributed by atoms with van der Waals surface area (Å²) < 4.78 is 0. The van der Waals surface area contributed by atoms with E-state index < -0.39 is 0 Å². The Morgan fingerprint density at radius 1 is 1.45 bits per heavy atom. The highest BCUT2D eigenvalue weighted by Gasteiger charge is 2.40. The van der Waals surface area contributed by atoms with Crippen LogP contribution in [-0.4, -0.2) is 24.1 Å². The monoisotopic (exact) mass is 276 g/mol. The minimum atomic E-state index is -0.334. The van der Waals surface area contributed by atoms with Crippen molar-refractivity contribution in [2.75, 3.05) is 18.4 Å². The van der Waals surface area contributed by atoms with Crippen molar-refractivity contribution in [2.24, 2.45) is 5.41 Å². The fourth-order valence-electron chi connectivity index (χ4n) is 3.05. The molecule has 1 aromatic rings. The number of carbonyl (C=O) groups is 1. The van der Waals surface area contributed by atoms with Gasteiger partial charge in [-0.3, -0.25) is 4.79 Å². The lowest BCUT2D eigenvalue weighted by atomic mass is 9.81. The summed E-state index contributed by atoms with van der Waals surface area (Å²) >= 11 is 0. The summed E-state index contributed by atoms with van der Waals surface area (Å²) in [6.07, 6.45) is 2.71. The number of phenolic OH excluding ortho intramolecular Hbond substituents is 1. The van der Waals surface area contributed by atoms with Gasteiger partial charge in [0.15, 0.2) is 0 Å². The van der Waals surface area contributed by atoms with E-state index in [2.05, 4.69) is 17.6 Å². The number of phenols is 1. The molecule has 0 spiro atoms. The molecule has 0 aliphatic carbocycles. The maximum absolute atomic E-state index is 12.6. The first kappa shape index (κ1) is 14.9. The lowest BCUT2D eigenvalue weighted by Crippen LogP contribution is -2.38. The number of hydrogen-bond acceptors (Lipinski definition) is 3. The van der Waals surface area contributed by atoms with Gasteiger partial charge in [-0.1, -0.05) is 19.4 Å². The van der Waals surface area contributed by atoms with Crippen molar-refractivity contribution < 1.29 is 9.90 Å². The summed E-state index contributed by atoms with van der Waals surface area (Å²) in [6, 6.07) is 3.73. The molecule has 1 fully saturated rings. The van der Waals surface area contributed by atoms with Gasteiger partial charge in [-0.05, 0) is 50.4 Å². The van der Waals surface area contributed by atoms with E-state index in [1.165, 1.54) is 0 Å². The minimum Gasteiger partial charge on any atom is -0.505 e. The SMILES string of the molecule is CCCC1(C(=O)Nc2cc(C)cc(C)c2O)CCNC1. The molecule has 4 nitrogen and oxygen atoms in total. The van der Waals surface area contributed by atoms with Gasteiger partial charge in [0.1, 0.15) is 5.75 Å². The van der Waals surface area contributed by atoms with Gasteiger partial charge in [0.25, 0.3) is 0 Å². The number of aryl methyl sites for hydroxylation is 2. The van der Waals surface area contributed by atoms with Crippen LogP contribution in [0.4, 0.5) is 5.69 Å². The lowest BCUT2D eigenvalue weighted by Gasteiger charge is -2.26. The van der Waals surface area contributed by atoms with E-state index in [1.54, 1.807) is 0 Å². The molecule has 1 amide bonds. The molecule has 0 saturated carbocycles. The fraction of sp³-hybridized carbons (Fsp3) is 0.562. The van der Waals surface area contributed by atoms with E-state index >= 15 is 0 Å². The Labute approximate surface area is 120 Å². The molecule has 1 aromatic carbocycles. The highest BCUT2D eigenvalue weighted by atomic mass is 16.3. The lowest BCUT2D eigenvalue weighted by molar-refractivity contribution is -0.125. The second-order valence-electron chi connectivity index (χ2n) is 5.89. The van der Waals surface area contributed by atoms with Crippen LogP contribution >= 0.6 is 0 Å². The van der Waals surface area contributed by atoms with Crippen molar-refractivity contribution in [1.82, 2.24) is 5.32 Å². The molecule has 20 heavy (non-hydrogen) atoms. The van der Waals surface area contributed by atoms with E-state index in [4.69, 9.17) is 0 Å². The van der Waals surface area contributed by atoms with Crippen molar-refractivity contribution in [3.63, 3.8) is 0 Å². The fourth-order valence-corrected chi connectivity index (χ4v) is 3.05. The van der Waals surface area contributed by atoms with Crippen LogP contribution < -0.4 is 10.6 Å². The van der Waals surface area contributed by atoms with Gasteiger partial charge >= 0.3 is 0 Å². The number of carbonyl (C=O) groups excluding carboxylic acids is 1. The standard InChI is InChI=1S/C16H24N2O2/c1-4-5-16(6-7-17-10-16)15(20)18-13-9-11(2)8-12(3)14(13)19/h8-9,17,19H,4-7,10H2,1-3H3,(H,18,20). The van der Waals surface area contributed by atoms with Crippen LogP contribution in [0, 0.1) is 19.3 Å². The van der Waals surface area contributed by atoms with Crippen LogP contribution in [0.3, 0.4) is 0 Å². The second kappa shape index (κ2) is 5.83. The average Bonchev–Trinajstić information content (AvgIpc) is 2.85. The van der Waals surface area contributed by atoms with Crippen molar-refractivity contribution in [3.8, 4) is 5.75 Å². The second-order valence-corrected chi connectivity index (χ2v) is 5.89. The highest BCUT2D eigenvalue weighted by Crippen LogP contribution is 2.35. The van der Waals surface area contributed by atoms with E-state index in [1.807, 2.05) is 26.0 Å². The number of hydrogen-bond donors (Lipinski definition) is 3. The average molecular weight is 276 g/mol. The molecule has 1 aliphatic heterocycles. The number of benzene rings is 1. The van der Waals surface area contributed by atoms with E-state index in [0.717, 1.165) is 43.5 Å². The molecule has 1 saturated heterocycles. The largest absolute Gasteiger partial charge is 0.505 e. The topological polar surface area (TPSA) is 61.4 Å². The van der Waals surface area contributed by atoms with Crippen LogP contribution in [0.2, 0.25) is 0 Å². The number of nitrogens with one attached hydrogen (secondary N) is 2. The van der Waals surface area contributed by atoms with Crippen LogP contribution in [-0.2, 0) is 4.79 Å². The van der Waals surface area contributed by atoms with E-state index in [-0.39, 0.29) is 17.1 Å². The molecule has 1 atom stereocenters. The number of anilines is 1. The van der Waals surface area contributed by atoms with Gasteiger partial charge in [-0.25, -0.2) is 0 Å². The summed E-state index contributed by atoms with van der Waals surface area (Å²) in [6.45, 7) is 7.50.